The Morgan fingerprint density at radius 1 is 1.47 bits per heavy atom. The summed E-state index contributed by atoms with van der Waals surface area (Å²) in [5, 5.41) is 4.25. The molecule has 0 radical (unpaired) electrons. The van der Waals surface area contributed by atoms with Crippen molar-refractivity contribution in [3.8, 4) is 11.5 Å². The zero-order chi connectivity index (χ0) is 13.8. The molecule has 0 aliphatic carbocycles. The average molecular weight is 324 g/mol. The Morgan fingerprint density at radius 2 is 2.26 bits per heavy atom. The molecule has 1 atom stereocenters. The fourth-order valence-electron chi connectivity index (χ4n) is 1.84. The summed E-state index contributed by atoms with van der Waals surface area (Å²) in [5.74, 6) is 1.51. The molecule has 0 bridgehead atoms. The first kappa shape index (κ1) is 14.1. The van der Waals surface area contributed by atoms with Crippen molar-refractivity contribution in [3.63, 3.8) is 0 Å². The van der Waals surface area contributed by atoms with E-state index in [1.807, 2.05) is 36.0 Å². The summed E-state index contributed by atoms with van der Waals surface area (Å²) >= 11 is 3.45. The number of nitrogens with zero attached hydrogens (tertiary/aromatic N) is 2. The maximum absolute atomic E-state index is 5.97. The first-order valence-electron chi connectivity index (χ1n) is 6.35. The fourth-order valence-corrected chi connectivity index (χ4v) is 2.22. The normalized spacial score (nSPS) is 12.4. The quantitative estimate of drug-likeness (QED) is 0.908. The highest BCUT2D eigenvalue weighted by Gasteiger charge is 2.10. The van der Waals surface area contributed by atoms with Gasteiger partial charge in [-0.05, 0) is 31.5 Å². The Bertz CT molecular complexity index is 551. The summed E-state index contributed by atoms with van der Waals surface area (Å²) in [5.41, 5.74) is 6.94. The summed E-state index contributed by atoms with van der Waals surface area (Å²) in [6.07, 6.45) is 4.67. The van der Waals surface area contributed by atoms with Crippen LogP contribution in [-0.4, -0.2) is 9.78 Å². The van der Waals surface area contributed by atoms with Gasteiger partial charge in [0.2, 0.25) is 0 Å². The molecule has 0 aliphatic rings. The Hall–Kier alpha value is -1.33. The van der Waals surface area contributed by atoms with Gasteiger partial charge in [-0.3, -0.25) is 4.68 Å². The SMILES string of the molecule is CCCn1cc(Oc2ccc(Br)cc2C(C)N)cn1. The minimum Gasteiger partial charge on any atom is -0.454 e. The summed E-state index contributed by atoms with van der Waals surface area (Å²) in [6, 6.07) is 5.76. The highest BCUT2D eigenvalue weighted by Crippen LogP contribution is 2.31. The van der Waals surface area contributed by atoms with Crippen LogP contribution < -0.4 is 10.5 Å². The number of halogens is 1. The molecule has 1 aromatic heterocycles. The molecule has 2 aromatic rings. The second-order valence-corrected chi connectivity index (χ2v) is 5.43. The lowest BCUT2D eigenvalue weighted by atomic mass is 10.1. The van der Waals surface area contributed by atoms with Gasteiger partial charge in [0.1, 0.15) is 5.75 Å². The van der Waals surface area contributed by atoms with Gasteiger partial charge in [-0.15, -0.1) is 0 Å². The molecule has 2 N–H and O–H groups in total. The molecule has 0 amide bonds. The highest BCUT2D eigenvalue weighted by atomic mass is 79.9. The van der Waals surface area contributed by atoms with Crippen molar-refractivity contribution in [2.75, 3.05) is 0 Å². The van der Waals surface area contributed by atoms with Crippen molar-refractivity contribution >= 4 is 15.9 Å². The lowest BCUT2D eigenvalue weighted by Gasteiger charge is -2.13. The van der Waals surface area contributed by atoms with Crippen molar-refractivity contribution < 1.29 is 4.74 Å². The first-order chi connectivity index (χ1) is 9.10. The van der Waals surface area contributed by atoms with Gasteiger partial charge in [0, 0.05) is 22.6 Å². The van der Waals surface area contributed by atoms with Gasteiger partial charge in [0.05, 0.1) is 12.4 Å². The highest BCUT2D eigenvalue weighted by molar-refractivity contribution is 9.10. The Labute approximate surface area is 121 Å². The molecule has 0 fully saturated rings. The lowest BCUT2D eigenvalue weighted by Crippen LogP contribution is -2.06. The predicted octanol–water partition coefficient (Wildman–Crippen LogP) is 3.87. The van der Waals surface area contributed by atoms with Crippen LogP contribution in [0.1, 0.15) is 31.9 Å². The molecule has 4 nitrogen and oxygen atoms in total. The number of nitrogens with two attached hydrogens (primary N) is 1. The summed E-state index contributed by atoms with van der Waals surface area (Å²) < 4.78 is 8.74. The summed E-state index contributed by atoms with van der Waals surface area (Å²) in [7, 11) is 0. The van der Waals surface area contributed by atoms with E-state index in [0.717, 1.165) is 34.5 Å². The number of hydrogen-bond acceptors (Lipinski definition) is 3. The van der Waals surface area contributed by atoms with E-state index in [1.54, 1.807) is 6.20 Å². The molecular weight excluding hydrogens is 306 g/mol. The average Bonchev–Trinajstić information content (AvgIpc) is 2.79. The molecular formula is C14H18BrN3O. The van der Waals surface area contributed by atoms with E-state index in [2.05, 4.69) is 28.0 Å². The van der Waals surface area contributed by atoms with Crippen LogP contribution in [0.5, 0.6) is 11.5 Å². The molecule has 5 heteroatoms. The summed E-state index contributed by atoms with van der Waals surface area (Å²) in [4.78, 5) is 0. The first-order valence-corrected chi connectivity index (χ1v) is 7.14. The topological polar surface area (TPSA) is 53.1 Å². The van der Waals surface area contributed by atoms with E-state index in [0.29, 0.717) is 0 Å². The zero-order valence-corrected chi connectivity index (χ0v) is 12.7. The van der Waals surface area contributed by atoms with Crippen molar-refractivity contribution in [1.29, 1.82) is 0 Å². The Kier molecular flexibility index (Phi) is 4.61. The van der Waals surface area contributed by atoms with Gasteiger partial charge < -0.3 is 10.5 Å². The van der Waals surface area contributed by atoms with Crippen LogP contribution in [0.4, 0.5) is 0 Å². The Morgan fingerprint density at radius 3 is 2.95 bits per heavy atom. The van der Waals surface area contributed by atoms with E-state index in [1.165, 1.54) is 0 Å². The zero-order valence-electron chi connectivity index (χ0n) is 11.1. The monoisotopic (exact) mass is 323 g/mol. The van der Waals surface area contributed by atoms with Crippen LogP contribution in [0, 0.1) is 0 Å². The van der Waals surface area contributed by atoms with Crippen LogP contribution >= 0.6 is 15.9 Å². The minimum absolute atomic E-state index is 0.0850. The van der Waals surface area contributed by atoms with Crippen LogP contribution in [0.25, 0.3) is 0 Å². The van der Waals surface area contributed by atoms with Crippen molar-refractivity contribution in [2.24, 2.45) is 5.73 Å². The van der Waals surface area contributed by atoms with Crippen LogP contribution in [0.2, 0.25) is 0 Å². The second-order valence-electron chi connectivity index (χ2n) is 4.51. The second kappa shape index (κ2) is 6.21. The number of ether oxygens (including phenoxy) is 1. The molecule has 0 saturated heterocycles. The van der Waals surface area contributed by atoms with E-state index in [9.17, 15) is 0 Å². The van der Waals surface area contributed by atoms with Crippen molar-refractivity contribution in [2.45, 2.75) is 32.9 Å². The molecule has 102 valence electrons. The van der Waals surface area contributed by atoms with Crippen LogP contribution in [0.3, 0.4) is 0 Å². The van der Waals surface area contributed by atoms with E-state index in [4.69, 9.17) is 10.5 Å². The molecule has 0 aliphatic heterocycles. The third kappa shape index (κ3) is 3.58. The van der Waals surface area contributed by atoms with Crippen LogP contribution in [-0.2, 0) is 6.54 Å². The molecule has 19 heavy (non-hydrogen) atoms. The maximum Gasteiger partial charge on any atom is 0.165 e. The standard InChI is InChI=1S/C14H18BrN3O/c1-3-6-18-9-12(8-17-18)19-14-5-4-11(15)7-13(14)10(2)16/h4-5,7-10H,3,6,16H2,1-2H3. The van der Waals surface area contributed by atoms with Crippen molar-refractivity contribution in [3.05, 3.63) is 40.6 Å². The molecule has 1 unspecified atom stereocenters. The van der Waals surface area contributed by atoms with Gasteiger partial charge in [-0.1, -0.05) is 22.9 Å². The predicted molar refractivity (Wildman–Crippen MR) is 79.3 cm³/mol. The van der Waals surface area contributed by atoms with E-state index < -0.39 is 0 Å². The molecule has 0 saturated carbocycles. The van der Waals surface area contributed by atoms with Gasteiger partial charge in [0.15, 0.2) is 5.75 Å². The fraction of sp³-hybridized carbons (Fsp3) is 0.357. The molecule has 0 spiro atoms. The lowest BCUT2D eigenvalue weighted by molar-refractivity contribution is 0.470. The van der Waals surface area contributed by atoms with Gasteiger partial charge in [0.25, 0.3) is 0 Å². The number of benzene rings is 1. The van der Waals surface area contributed by atoms with E-state index >= 15 is 0 Å². The van der Waals surface area contributed by atoms with E-state index in [-0.39, 0.29) is 6.04 Å². The number of rotatable bonds is 5. The Balaban J connectivity index is 2.22. The van der Waals surface area contributed by atoms with Gasteiger partial charge in [-0.2, -0.15) is 5.10 Å². The summed E-state index contributed by atoms with van der Waals surface area (Å²) in [6.45, 7) is 4.95. The maximum atomic E-state index is 5.97. The number of aromatic nitrogens is 2. The van der Waals surface area contributed by atoms with Crippen molar-refractivity contribution in [1.82, 2.24) is 9.78 Å². The van der Waals surface area contributed by atoms with Crippen LogP contribution in [0.15, 0.2) is 35.1 Å². The van der Waals surface area contributed by atoms with Gasteiger partial charge >= 0.3 is 0 Å². The molecule has 1 aromatic carbocycles. The van der Waals surface area contributed by atoms with Gasteiger partial charge in [-0.25, -0.2) is 0 Å². The minimum atomic E-state index is -0.0850. The number of hydrogen-bond donors (Lipinski definition) is 1. The smallest absolute Gasteiger partial charge is 0.165 e. The molecule has 1 heterocycles. The largest absolute Gasteiger partial charge is 0.454 e. The third-order valence-corrected chi connectivity index (χ3v) is 3.25. The molecule has 2 rings (SSSR count). The third-order valence-electron chi connectivity index (χ3n) is 2.75. The number of aryl methyl sites for hydroxylation is 1.